The monoisotopic (exact) mass is 295 g/mol. The number of hydrogen-bond donors (Lipinski definition) is 2. The van der Waals surface area contributed by atoms with Crippen LogP contribution in [-0.4, -0.2) is 32.6 Å². The molecular weight excluding hydrogens is 274 g/mol. The second-order valence-electron chi connectivity index (χ2n) is 5.09. The fraction of sp³-hybridized carbons (Fsp3) is 0.533. The minimum absolute atomic E-state index is 0.0834. The average molecular weight is 296 g/mol. The fourth-order valence-electron chi connectivity index (χ4n) is 2.83. The number of anilines is 1. The van der Waals surface area contributed by atoms with Crippen molar-refractivity contribution >= 4 is 23.2 Å². The first-order valence-electron chi connectivity index (χ1n) is 7.09. The standard InChI is InChI=1S/C15H22ClN3O/c1-17-10-11-12(16)6-5-8-13(11)19-9-4-3-7-14(19)15(20)18-2/h5-6,8,14,17H,3-4,7,9-10H2,1-2H3,(H,18,20). The van der Waals surface area contributed by atoms with E-state index in [0.717, 1.165) is 42.1 Å². The van der Waals surface area contributed by atoms with E-state index in [-0.39, 0.29) is 11.9 Å². The molecule has 0 bridgehead atoms. The summed E-state index contributed by atoms with van der Waals surface area (Å²) in [5, 5.41) is 6.67. The van der Waals surface area contributed by atoms with Crippen molar-refractivity contribution in [2.45, 2.75) is 31.8 Å². The van der Waals surface area contributed by atoms with Gasteiger partial charge in [0.25, 0.3) is 0 Å². The Bertz CT molecular complexity index is 478. The highest BCUT2D eigenvalue weighted by Crippen LogP contribution is 2.32. The fourth-order valence-corrected chi connectivity index (χ4v) is 3.06. The summed E-state index contributed by atoms with van der Waals surface area (Å²) in [5.41, 5.74) is 2.13. The van der Waals surface area contributed by atoms with Crippen molar-refractivity contribution in [3.05, 3.63) is 28.8 Å². The van der Waals surface area contributed by atoms with E-state index in [1.54, 1.807) is 7.05 Å². The van der Waals surface area contributed by atoms with Gasteiger partial charge in [-0.3, -0.25) is 4.79 Å². The van der Waals surface area contributed by atoms with Crippen molar-refractivity contribution in [1.29, 1.82) is 0 Å². The number of nitrogens with one attached hydrogen (secondary N) is 2. The normalized spacial score (nSPS) is 18.9. The largest absolute Gasteiger partial charge is 0.359 e. The third-order valence-corrected chi connectivity index (χ3v) is 4.16. The SMILES string of the molecule is CNCc1c(Cl)cccc1N1CCCCC1C(=O)NC. The van der Waals surface area contributed by atoms with Crippen LogP contribution in [0.4, 0.5) is 5.69 Å². The molecule has 20 heavy (non-hydrogen) atoms. The lowest BCUT2D eigenvalue weighted by Gasteiger charge is -2.37. The average Bonchev–Trinajstić information content (AvgIpc) is 2.49. The molecule has 1 amide bonds. The molecule has 1 aliphatic rings. The zero-order valence-corrected chi connectivity index (χ0v) is 12.8. The van der Waals surface area contributed by atoms with Gasteiger partial charge in [0.1, 0.15) is 6.04 Å². The van der Waals surface area contributed by atoms with Crippen molar-refractivity contribution in [2.75, 3.05) is 25.5 Å². The van der Waals surface area contributed by atoms with E-state index in [4.69, 9.17) is 11.6 Å². The van der Waals surface area contributed by atoms with E-state index in [9.17, 15) is 4.79 Å². The lowest BCUT2D eigenvalue weighted by atomic mass is 9.99. The van der Waals surface area contributed by atoms with Crippen LogP contribution in [0.2, 0.25) is 5.02 Å². The predicted molar refractivity (Wildman–Crippen MR) is 83.3 cm³/mol. The van der Waals surface area contributed by atoms with E-state index in [0.29, 0.717) is 6.54 Å². The number of amides is 1. The molecule has 0 saturated carbocycles. The maximum atomic E-state index is 12.1. The quantitative estimate of drug-likeness (QED) is 0.895. The summed E-state index contributed by atoms with van der Waals surface area (Å²) in [6, 6.07) is 5.81. The van der Waals surface area contributed by atoms with Gasteiger partial charge >= 0.3 is 0 Å². The number of likely N-dealkylation sites (N-methyl/N-ethyl adjacent to an activating group) is 1. The first-order valence-corrected chi connectivity index (χ1v) is 7.47. The van der Waals surface area contributed by atoms with E-state index in [1.165, 1.54) is 0 Å². The number of piperidine rings is 1. The van der Waals surface area contributed by atoms with Crippen LogP contribution in [0.5, 0.6) is 0 Å². The number of carbonyl (C=O) groups excluding carboxylic acids is 1. The smallest absolute Gasteiger partial charge is 0.242 e. The molecule has 4 nitrogen and oxygen atoms in total. The zero-order valence-electron chi connectivity index (χ0n) is 12.1. The summed E-state index contributed by atoms with van der Waals surface area (Å²) < 4.78 is 0. The van der Waals surface area contributed by atoms with E-state index in [1.807, 2.05) is 19.2 Å². The van der Waals surface area contributed by atoms with Crippen molar-refractivity contribution in [3.8, 4) is 0 Å². The van der Waals surface area contributed by atoms with Crippen LogP contribution in [0, 0.1) is 0 Å². The van der Waals surface area contributed by atoms with Crippen LogP contribution in [0.1, 0.15) is 24.8 Å². The number of rotatable bonds is 4. The van der Waals surface area contributed by atoms with Gasteiger partial charge in [0, 0.05) is 36.4 Å². The summed E-state index contributed by atoms with van der Waals surface area (Å²) >= 11 is 6.32. The Morgan fingerprint density at radius 3 is 2.90 bits per heavy atom. The number of benzene rings is 1. The first kappa shape index (κ1) is 15.1. The zero-order chi connectivity index (χ0) is 14.5. The van der Waals surface area contributed by atoms with Crippen LogP contribution in [0.25, 0.3) is 0 Å². The molecule has 5 heteroatoms. The molecule has 1 atom stereocenters. The van der Waals surface area contributed by atoms with Crippen molar-refractivity contribution < 1.29 is 4.79 Å². The molecular formula is C15H22ClN3O. The second-order valence-corrected chi connectivity index (χ2v) is 5.49. The van der Waals surface area contributed by atoms with Gasteiger partial charge in [-0.05, 0) is 38.4 Å². The molecule has 2 rings (SSSR count). The first-order chi connectivity index (χ1) is 9.69. The lowest BCUT2D eigenvalue weighted by Crippen LogP contribution is -2.49. The Hall–Kier alpha value is -1.26. The van der Waals surface area contributed by atoms with Crippen LogP contribution >= 0.6 is 11.6 Å². The second kappa shape index (κ2) is 6.95. The number of halogens is 1. The van der Waals surface area contributed by atoms with Crippen LogP contribution in [0.15, 0.2) is 18.2 Å². The third kappa shape index (κ3) is 3.07. The topological polar surface area (TPSA) is 44.4 Å². The molecule has 1 fully saturated rings. The molecule has 0 radical (unpaired) electrons. The molecule has 0 spiro atoms. The molecule has 110 valence electrons. The van der Waals surface area contributed by atoms with Crippen molar-refractivity contribution in [2.24, 2.45) is 0 Å². The van der Waals surface area contributed by atoms with Gasteiger partial charge in [0.05, 0.1) is 0 Å². The molecule has 0 aliphatic carbocycles. The van der Waals surface area contributed by atoms with Crippen LogP contribution < -0.4 is 15.5 Å². The van der Waals surface area contributed by atoms with Gasteiger partial charge in [-0.2, -0.15) is 0 Å². The highest BCUT2D eigenvalue weighted by atomic mass is 35.5. The highest BCUT2D eigenvalue weighted by molar-refractivity contribution is 6.31. The van der Waals surface area contributed by atoms with Gasteiger partial charge in [-0.15, -0.1) is 0 Å². The Labute approximate surface area is 125 Å². The van der Waals surface area contributed by atoms with Gasteiger partial charge < -0.3 is 15.5 Å². The maximum absolute atomic E-state index is 12.1. The predicted octanol–water partition coefficient (Wildman–Crippen LogP) is 2.16. The van der Waals surface area contributed by atoms with Crippen LogP contribution in [-0.2, 0) is 11.3 Å². The van der Waals surface area contributed by atoms with E-state index in [2.05, 4.69) is 21.6 Å². The summed E-state index contributed by atoms with van der Waals surface area (Å²) in [5.74, 6) is 0.0834. The molecule has 2 N–H and O–H groups in total. The number of carbonyl (C=O) groups is 1. The van der Waals surface area contributed by atoms with Gasteiger partial charge in [0.15, 0.2) is 0 Å². The number of hydrogen-bond acceptors (Lipinski definition) is 3. The Kier molecular flexibility index (Phi) is 5.26. The summed E-state index contributed by atoms with van der Waals surface area (Å²) in [7, 11) is 3.60. The van der Waals surface area contributed by atoms with E-state index < -0.39 is 0 Å². The van der Waals surface area contributed by atoms with Crippen molar-refractivity contribution in [3.63, 3.8) is 0 Å². The summed E-state index contributed by atoms with van der Waals surface area (Å²) in [6.45, 7) is 1.60. The minimum atomic E-state index is -0.0946. The van der Waals surface area contributed by atoms with Gasteiger partial charge in [0.2, 0.25) is 5.91 Å². The molecule has 1 aliphatic heterocycles. The molecule has 1 heterocycles. The molecule has 1 aromatic carbocycles. The lowest BCUT2D eigenvalue weighted by molar-refractivity contribution is -0.122. The molecule has 0 aromatic heterocycles. The van der Waals surface area contributed by atoms with Gasteiger partial charge in [-0.25, -0.2) is 0 Å². The highest BCUT2D eigenvalue weighted by Gasteiger charge is 2.29. The minimum Gasteiger partial charge on any atom is -0.359 e. The number of nitrogens with zero attached hydrogens (tertiary/aromatic N) is 1. The summed E-state index contributed by atoms with van der Waals surface area (Å²) in [4.78, 5) is 14.3. The Morgan fingerprint density at radius 2 is 2.20 bits per heavy atom. The Balaban J connectivity index is 2.37. The van der Waals surface area contributed by atoms with Gasteiger partial charge in [-0.1, -0.05) is 17.7 Å². The molecule has 1 aromatic rings. The molecule has 1 unspecified atom stereocenters. The van der Waals surface area contributed by atoms with E-state index >= 15 is 0 Å². The Morgan fingerprint density at radius 1 is 1.40 bits per heavy atom. The maximum Gasteiger partial charge on any atom is 0.242 e. The molecule has 1 saturated heterocycles. The van der Waals surface area contributed by atoms with Crippen LogP contribution in [0.3, 0.4) is 0 Å². The third-order valence-electron chi connectivity index (χ3n) is 3.81. The summed E-state index contributed by atoms with van der Waals surface area (Å²) in [6.07, 6.45) is 3.10. The van der Waals surface area contributed by atoms with Crippen molar-refractivity contribution in [1.82, 2.24) is 10.6 Å².